The van der Waals surface area contributed by atoms with Gasteiger partial charge in [-0.1, -0.05) is 32.8 Å². The molecule has 1 saturated carbocycles. The van der Waals surface area contributed by atoms with E-state index in [-0.39, 0.29) is 0 Å². The van der Waals surface area contributed by atoms with Gasteiger partial charge in [0.1, 0.15) is 4.60 Å². The topological polar surface area (TPSA) is 24.9 Å². The van der Waals surface area contributed by atoms with Gasteiger partial charge in [-0.2, -0.15) is 0 Å². The Balaban J connectivity index is 1.91. The van der Waals surface area contributed by atoms with Gasteiger partial charge in [-0.25, -0.2) is 4.98 Å². The number of nitrogens with one attached hydrogen (secondary N) is 1. The first-order valence-electron chi connectivity index (χ1n) is 7.01. The molecule has 100 valence electrons. The number of hydrogen-bond donors (Lipinski definition) is 1. The Morgan fingerprint density at radius 2 is 2.11 bits per heavy atom. The van der Waals surface area contributed by atoms with Crippen molar-refractivity contribution in [3.63, 3.8) is 0 Å². The molecule has 1 heterocycles. The average molecular weight is 311 g/mol. The minimum absolute atomic E-state index is 0.666. The Hall–Kier alpha value is -0.410. The summed E-state index contributed by atoms with van der Waals surface area (Å²) in [6.07, 6.45) is 5.46. The lowest BCUT2D eigenvalue weighted by Crippen LogP contribution is -2.40. The molecule has 1 N–H and O–H groups in total. The molecule has 0 aromatic carbocycles. The molecule has 2 rings (SSSR count). The SMILES string of the molecule is CC(C)C1CCCCC1NCc1cccc(Br)n1. The van der Waals surface area contributed by atoms with E-state index in [1.807, 2.05) is 6.07 Å². The first-order chi connectivity index (χ1) is 8.66. The predicted octanol–water partition coefficient (Wildman–Crippen LogP) is 4.15. The summed E-state index contributed by atoms with van der Waals surface area (Å²) in [6, 6.07) is 6.78. The molecular formula is C15H23BrN2. The van der Waals surface area contributed by atoms with Gasteiger partial charge in [0.15, 0.2) is 0 Å². The Labute approximate surface area is 119 Å². The van der Waals surface area contributed by atoms with Crippen LogP contribution in [0.2, 0.25) is 0 Å². The zero-order chi connectivity index (χ0) is 13.0. The molecule has 3 heteroatoms. The second-order valence-corrected chi connectivity index (χ2v) is 6.44. The molecule has 0 saturated heterocycles. The lowest BCUT2D eigenvalue weighted by molar-refractivity contribution is 0.204. The van der Waals surface area contributed by atoms with Crippen molar-refractivity contribution < 1.29 is 0 Å². The highest BCUT2D eigenvalue weighted by Gasteiger charge is 2.26. The van der Waals surface area contributed by atoms with E-state index < -0.39 is 0 Å². The molecule has 2 atom stereocenters. The van der Waals surface area contributed by atoms with Gasteiger partial charge in [-0.05, 0) is 52.7 Å². The lowest BCUT2D eigenvalue weighted by atomic mass is 9.78. The molecule has 0 spiro atoms. The number of rotatable bonds is 4. The smallest absolute Gasteiger partial charge is 0.106 e. The van der Waals surface area contributed by atoms with Crippen LogP contribution in [0.1, 0.15) is 45.2 Å². The van der Waals surface area contributed by atoms with Gasteiger partial charge in [0.2, 0.25) is 0 Å². The van der Waals surface area contributed by atoms with Crippen LogP contribution in [0.15, 0.2) is 22.8 Å². The van der Waals surface area contributed by atoms with Crippen molar-refractivity contribution in [2.24, 2.45) is 11.8 Å². The van der Waals surface area contributed by atoms with E-state index in [1.54, 1.807) is 0 Å². The van der Waals surface area contributed by atoms with Crippen LogP contribution in [0.3, 0.4) is 0 Å². The highest BCUT2D eigenvalue weighted by Crippen LogP contribution is 2.30. The van der Waals surface area contributed by atoms with Gasteiger partial charge in [-0.15, -0.1) is 0 Å². The van der Waals surface area contributed by atoms with Crippen molar-refractivity contribution in [3.8, 4) is 0 Å². The molecule has 1 aromatic rings. The van der Waals surface area contributed by atoms with Gasteiger partial charge < -0.3 is 5.32 Å². The summed E-state index contributed by atoms with van der Waals surface area (Å²) in [7, 11) is 0. The quantitative estimate of drug-likeness (QED) is 0.845. The maximum atomic E-state index is 4.48. The standard InChI is InChI=1S/C15H23BrN2/c1-11(2)13-7-3-4-8-14(13)17-10-12-6-5-9-15(16)18-12/h5-6,9,11,13-14,17H,3-4,7-8,10H2,1-2H3. The maximum Gasteiger partial charge on any atom is 0.106 e. The fraction of sp³-hybridized carbons (Fsp3) is 0.667. The van der Waals surface area contributed by atoms with E-state index >= 15 is 0 Å². The molecule has 1 aliphatic rings. The summed E-state index contributed by atoms with van der Waals surface area (Å²) in [5.74, 6) is 1.60. The highest BCUT2D eigenvalue weighted by atomic mass is 79.9. The summed E-state index contributed by atoms with van der Waals surface area (Å²) < 4.78 is 0.922. The van der Waals surface area contributed by atoms with Crippen LogP contribution in [-0.4, -0.2) is 11.0 Å². The summed E-state index contributed by atoms with van der Waals surface area (Å²) in [5, 5.41) is 3.71. The summed E-state index contributed by atoms with van der Waals surface area (Å²) in [5.41, 5.74) is 1.12. The largest absolute Gasteiger partial charge is 0.308 e. The van der Waals surface area contributed by atoms with Crippen molar-refractivity contribution in [3.05, 3.63) is 28.5 Å². The van der Waals surface area contributed by atoms with Gasteiger partial charge >= 0.3 is 0 Å². The van der Waals surface area contributed by atoms with Crippen molar-refractivity contribution in [2.75, 3.05) is 0 Å². The van der Waals surface area contributed by atoms with Crippen LogP contribution in [0, 0.1) is 11.8 Å². The van der Waals surface area contributed by atoms with E-state index in [2.05, 4.69) is 52.2 Å². The zero-order valence-electron chi connectivity index (χ0n) is 11.3. The molecule has 1 fully saturated rings. The molecule has 0 aliphatic heterocycles. The van der Waals surface area contributed by atoms with Crippen molar-refractivity contribution >= 4 is 15.9 Å². The monoisotopic (exact) mass is 310 g/mol. The minimum atomic E-state index is 0.666. The fourth-order valence-corrected chi connectivity index (χ4v) is 3.38. The Morgan fingerprint density at radius 1 is 1.33 bits per heavy atom. The number of halogens is 1. The molecule has 1 aromatic heterocycles. The molecule has 0 radical (unpaired) electrons. The van der Waals surface area contributed by atoms with Crippen molar-refractivity contribution in [1.82, 2.24) is 10.3 Å². The van der Waals surface area contributed by atoms with E-state index in [9.17, 15) is 0 Å². The fourth-order valence-electron chi connectivity index (χ4n) is 3.00. The Kier molecular flexibility index (Phi) is 5.19. The van der Waals surface area contributed by atoms with Crippen molar-refractivity contribution in [2.45, 2.75) is 52.1 Å². The van der Waals surface area contributed by atoms with Crippen LogP contribution in [0.25, 0.3) is 0 Å². The summed E-state index contributed by atoms with van der Waals surface area (Å²) >= 11 is 3.42. The second kappa shape index (κ2) is 6.67. The molecule has 2 unspecified atom stereocenters. The first kappa shape index (κ1) is 14.0. The van der Waals surface area contributed by atoms with Gasteiger partial charge in [0.25, 0.3) is 0 Å². The Morgan fingerprint density at radius 3 is 2.83 bits per heavy atom. The third kappa shape index (κ3) is 3.79. The highest BCUT2D eigenvalue weighted by molar-refractivity contribution is 9.10. The van der Waals surface area contributed by atoms with E-state index in [1.165, 1.54) is 25.7 Å². The lowest BCUT2D eigenvalue weighted by Gasteiger charge is -2.35. The average Bonchev–Trinajstić information content (AvgIpc) is 2.37. The molecular weight excluding hydrogens is 288 g/mol. The Bertz CT molecular complexity index is 379. The number of aromatic nitrogens is 1. The first-order valence-corrected chi connectivity index (χ1v) is 7.81. The summed E-state index contributed by atoms with van der Waals surface area (Å²) in [4.78, 5) is 4.48. The van der Waals surface area contributed by atoms with E-state index in [0.29, 0.717) is 6.04 Å². The van der Waals surface area contributed by atoms with E-state index in [0.717, 1.165) is 28.7 Å². The van der Waals surface area contributed by atoms with Gasteiger partial charge in [-0.3, -0.25) is 0 Å². The third-order valence-electron chi connectivity index (χ3n) is 3.99. The molecule has 1 aliphatic carbocycles. The van der Waals surface area contributed by atoms with Crippen LogP contribution in [0.4, 0.5) is 0 Å². The van der Waals surface area contributed by atoms with E-state index in [4.69, 9.17) is 0 Å². The number of hydrogen-bond acceptors (Lipinski definition) is 2. The molecule has 18 heavy (non-hydrogen) atoms. The van der Waals surface area contributed by atoms with Crippen LogP contribution in [-0.2, 0) is 6.54 Å². The number of nitrogens with zero attached hydrogens (tertiary/aromatic N) is 1. The molecule has 0 bridgehead atoms. The van der Waals surface area contributed by atoms with Crippen molar-refractivity contribution in [1.29, 1.82) is 0 Å². The second-order valence-electron chi connectivity index (χ2n) is 5.63. The van der Waals surface area contributed by atoms with Crippen LogP contribution < -0.4 is 5.32 Å². The maximum absolute atomic E-state index is 4.48. The normalized spacial score (nSPS) is 24.4. The minimum Gasteiger partial charge on any atom is -0.308 e. The zero-order valence-corrected chi connectivity index (χ0v) is 12.9. The number of pyridine rings is 1. The molecule has 2 nitrogen and oxygen atoms in total. The van der Waals surface area contributed by atoms with Crippen LogP contribution in [0.5, 0.6) is 0 Å². The van der Waals surface area contributed by atoms with Crippen LogP contribution >= 0.6 is 15.9 Å². The summed E-state index contributed by atoms with van der Waals surface area (Å²) in [6.45, 7) is 5.58. The van der Waals surface area contributed by atoms with Gasteiger partial charge in [0, 0.05) is 12.6 Å². The van der Waals surface area contributed by atoms with Gasteiger partial charge in [0.05, 0.1) is 5.69 Å². The predicted molar refractivity (Wildman–Crippen MR) is 79.4 cm³/mol. The molecule has 0 amide bonds. The third-order valence-corrected chi connectivity index (χ3v) is 4.44.